The van der Waals surface area contributed by atoms with E-state index in [4.69, 9.17) is 0 Å². The molecular weight excluding hydrogens is 309 g/mol. The highest BCUT2D eigenvalue weighted by atomic mass is 19.1. The number of carbonyl (C=O) groups excluding carboxylic acids is 2. The van der Waals surface area contributed by atoms with Gasteiger partial charge in [-0.15, -0.1) is 0 Å². The van der Waals surface area contributed by atoms with Gasteiger partial charge < -0.3 is 15.5 Å². The van der Waals surface area contributed by atoms with E-state index in [2.05, 4.69) is 10.6 Å². The van der Waals surface area contributed by atoms with E-state index in [0.717, 1.165) is 4.90 Å². The van der Waals surface area contributed by atoms with Gasteiger partial charge in [0.1, 0.15) is 12.4 Å². The topological polar surface area (TPSA) is 62.6 Å². The summed E-state index contributed by atoms with van der Waals surface area (Å²) in [5.74, 6) is -0.679. The van der Waals surface area contributed by atoms with Crippen LogP contribution in [0.25, 0.3) is 0 Å². The summed E-state index contributed by atoms with van der Waals surface area (Å²) < 4.78 is 13.6. The fourth-order valence-electron chi connectivity index (χ4n) is 2.39. The molecule has 0 saturated heterocycles. The number of halogens is 1. The normalized spacial score (nSPS) is 11.6. The molecule has 0 fully saturated rings. The van der Waals surface area contributed by atoms with Gasteiger partial charge >= 0.3 is 0 Å². The van der Waals surface area contributed by atoms with Crippen LogP contribution in [0.15, 0.2) is 48.5 Å². The summed E-state index contributed by atoms with van der Waals surface area (Å²) in [5, 5.41) is 5.29. The zero-order valence-electron chi connectivity index (χ0n) is 13.7. The molecule has 0 aliphatic heterocycles. The maximum absolute atomic E-state index is 13.6. The lowest BCUT2D eigenvalue weighted by Gasteiger charge is -2.14. The number of hydrogen-bond donors (Lipinski definition) is 3. The monoisotopic (exact) mass is 330 g/mol. The summed E-state index contributed by atoms with van der Waals surface area (Å²) in [7, 11) is 3.38. The molecule has 1 unspecified atom stereocenters. The van der Waals surface area contributed by atoms with Crippen molar-refractivity contribution in [1.82, 2.24) is 5.32 Å². The lowest BCUT2D eigenvalue weighted by Crippen LogP contribution is -3.08. The molecular formula is C18H21FN3O2+. The minimum atomic E-state index is -0.268. The second-order valence-electron chi connectivity index (χ2n) is 5.61. The van der Waals surface area contributed by atoms with Crippen LogP contribution in [-0.4, -0.2) is 32.5 Å². The Balaban J connectivity index is 1.93. The minimum absolute atomic E-state index is 0.193. The highest BCUT2D eigenvalue weighted by molar-refractivity contribution is 5.97. The van der Waals surface area contributed by atoms with E-state index in [1.165, 1.54) is 6.07 Å². The maximum Gasteiger partial charge on any atom is 0.279 e. The fourth-order valence-corrected chi connectivity index (χ4v) is 2.39. The summed E-state index contributed by atoms with van der Waals surface area (Å²) in [5.41, 5.74) is 1.60. The van der Waals surface area contributed by atoms with Gasteiger partial charge in [0.2, 0.25) is 0 Å². The van der Waals surface area contributed by atoms with Crippen molar-refractivity contribution in [3.63, 3.8) is 0 Å². The molecule has 2 aromatic carbocycles. The lowest BCUT2D eigenvalue weighted by atomic mass is 10.2. The standard InChI is InChI=1S/C18H20FN3O2/c1-20-18(24)13-7-5-8-15(10-13)21-17(23)12-22(2)11-14-6-3-4-9-16(14)19/h3-10H,11-12H2,1-2H3,(H,20,24)(H,21,23)/p+1. The van der Waals surface area contributed by atoms with E-state index < -0.39 is 0 Å². The summed E-state index contributed by atoms with van der Waals surface area (Å²) in [6.07, 6.45) is 0. The Labute approximate surface area is 140 Å². The van der Waals surface area contributed by atoms with E-state index in [1.54, 1.807) is 49.5 Å². The van der Waals surface area contributed by atoms with Crippen molar-refractivity contribution in [1.29, 1.82) is 0 Å². The Morgan fingerprint density at radius 3 is 2.58 bits per heavy atom. The molecule has 5 nitrogen and oxygen atoms in total. The van der Waals surface area contributed by atoms with Gasteiger partial charge in [0.25, 0.3) is 11.8 Å². The van der Waals surface area contributed by atoms with Gasteiger partial charge in [-0.2, -0.15) is 0 Å². The van der Waals surface area contributed by atoms with Crippen LogP contribution in [-0.2, 0) is 11.3 Å². The zero-order valence-corrected chi connectivity index (χ0v) is 13.7. The minimum Gasteiger partial charge on any atom is -0.355 e. The molecule has 1 atom stereocenters. The van der Waals surface area contributed by atoms with Crippen LogP contribution in [0, 0.1) is 5.82 Å². The molecule has 2 aromatic rings. The average Bonchev–Trinajstić information content (AvgIpc) is 2.56. The van der Waals surface area contributed by atoms with Gasteiger partial charge in [-0.25, -0.2) is 4.39 Å². The molecule has 2 rings (SSSR count). The van der Waals surface area contributed by atoms with Crippen LogP contribution < -0.4 is 15.5 Å². The van der Waals surface area contributed by atoms with Crippen LogP contribution >= 0.6 is 0 Å². The molecule has 126 valence electrons. The van der Waals surface area contributed by atoms with Crippen LogP contribution in [0.4, 0.5) is 10.1 Å². The summed E-state index contributed by atoms with van der Waals surface area (Å²) in [6.45, 7) is 0.608. The largest absolute Gasteiger partial charge is 0.355 e. The van der Waals surface area contributed by atoms with Gasteiger partial charge in [0, 0.05) is 23.9 Å². The van der Waals surface area contributed by atoms with Gasteiger partial charge in [-0.3, -0.25) is 9.59 Å². The molecule has 3 N–H and O–H groups in total. The molecule has 0 aromatic heterocycles. The number of rotatable bonds is 6. The van der Waals surface area contributed by atoms with Gasteiger partial charge in [-0.05, 0) is 24.3 Å². The smallest absolute Gasteiger partial charge is 0.279 e. The molecule has 2 amide bonds. The Kier molecular flexibility index (Phi) is 6.03. The molecule has 24 heavy (non-hydrogen) atoms. The summed E-state index contributed by atoms with van der Waals surface area (Å²) in [6, 6.07) is 13.2. The number of quaternary nitrogens is 1. The van der Waals surface area contributed by atoms with E-state index in [0.29, 0.717) is 23.4 Å². The average molecular weight is 330 g/mol. The van der Waals surface area contributed by atoms with Crippen molar-refractivity contribution in [2.24, 2.45) is 0 Å². The molecule has 0 radical (unpaired) electrons. The first kappa shape index (κ1) is 17.6. The van der Waals surface area contributed by atoms with E-state index in [1.807, 2.05) is 7.05 Å². The Bertz CT molecular complexity index is 734. The first-order valence-electron chi connectivity index (χ1n) is 7.66. The molecule has 0 aliphatic carbocycles. The second kappa shape index (κ2) is 8.21. The summed E-state index contributed by atoms with van der Waals surface area (Å²) in [4.78, 5) is 24.6. The number of amides is 2. The molecule has 0 saturated carbocycles. The lowest BCUT2D eigenvalue weighted by molar-refractivity contribution is -0.885. The van der Waals surface area contributed by atoms with Crippen LogP contribution in [0.1, 0.15) is 15.9 Å². The van der Waals surface area contributed by atoms with E-state index in [9.17, 15) is 14.0 Å². The van der Waals surface area contributed by atoms with Gasteiger partial charge in [0.05, 0.1) is 7.05 Å². The van der Waals surface area contributed by atoms with Crippen molar-refractivity contribution in [2.75, 3.05) is 26.0 Å². The third-order valence-corrected chi connectivity index (χ3v) is 3.55. The number of hydrogen-bond acceptors (Lipinski definition) is 2. The van der Waals surface area contributed by atoms with E-state index in [-0.39, 0.29) is 24.2 Å². The fraction of sp³-hybridized carbons (Fsp3) is 0.222. The SMILES string of the molecule is CNC(=O)c1cccc(NC(=O)C[NH+](C)Cc2ccccc2F)c1. The van der Waals surface area contributed by atoms with Gasteiger partial charge in [-0.1, -0.05) is 24.3 Å². The van der Waals surface area contributed by atoms with Gasteiger partial charge in [0.15, 0.2) is 6.54 Å². The zero-order chi connectivity index (χ0) is 17.5. The third kappa shape index (κ3) is 4.89. The van der Waals surface area contributed by atoms with Crippen molar-refractivity contribution in [3.05, 3.63) is 65.5 Å². The first-order valence-corrected chi connectivity index (χ1v) is 7.66. The first-order chi connectivity index (χ1) is 11.5. The Morgan fingerprint density at radius 2 is 1.88 bits per heavy atom. The molecule has 0 spiro atoms. The Hall–Kier alpha value is -2.73. The maximum atomic E-state index is 13.6. The highest BCUT2D eigenvalue weighted by Gasteiger charge is 2.13. The van der Waals surface area contributed by atoms with Crippen molar-refractivity contribution >= 4 is 17.5 Å². The molecule has 0 bridgehead atoms. The van der Waals surface area contributed by atoms with Crippen molar-refractivity contribution in [3.8, 4) is 0 Å². The quantitative estimate of drug-likeness (QED) is 0.735. The van der Waals surface area contributed by atoms with Crippen LogP contribution in [0.3, 0.4) is 0 Å². The van der Waals surface area contributed by atoms with E-state index >= 15 is 0 Å². The molecule has 0 aliphatic rings. The predicted molar refractivity (Wildman–Crippen MR) is 90.3 cm³/mol. The highest BCUT2D eigenvalue weighted by Crippen LogP contribution is 2.10. The van der Waals surface area contributed by atoms with Crippen molar-refractivity contribution in [2.45, 2.75) is 6.54 Å². The summed E-state index contributed by atoms with van der Waals surface area (Å²) >= 11 is 0. The second-order valence-corrected chi connectivity index (χ2v) is 5.61. The van der Waals surface area contributed by atoms with Crippen LogP contribution in [0.5, 0.6) is 0 Å². The number of nitrogens with one attached hydrogen (secondary N) is 3. The number of benzene rings is 2. The van der Waals surface area contributed by atoms with Crippen LogP contribution in [0.2, 0.25) is 0 Å². The predicted octanol–water partition coefficient (Wildman–Crippen LogP) is 0.839. The van der Waals surface area contributed by atoms with Crippen molar-refractivity contribution < 1.29 is 18.9 Å². The number of carbonyl (C=O) groups is 2. The Morgan fingerprint density at radius 1 is 1.12 bits per heavy atom. The number of anilines is 1. The molecule has 6 heteroatoms. The molecule has 0 heterocycles. The number of likely N-dealkylation sites (N-methyl/N-ethyl adjacent to an activating group) is 1. The third-order valence-electron chi connectivity index (χ3n) is 3.55.